The van der Waals surface area contributed by atoms with E-state index >= 15 is 0 Å². The van der Waals surface area contributed by atoms with Gasteiger partial charge in [-0.25, -0.2) is 4.39 Å². The predicted molar refractivity (Wildman–Crippen MR) is 80.7 cm³/mol. The molecular formula is C15H15FN6O. The Balaban J connectivity index is 1.80. The Hall–Kier alpha value is -2.95. The molecule has 0 spiro atoms. The number of benzene rings is 1. The maximum Gasteiger partial charge on any atom is 0.216 e. The molecule has 0 unspecified atom stereocenters. The molecule has 0 amide bonds. The second-order valence-corrected chi connectivity index (χ2v) is 5.21. The molecule has 1 saturated carbocycles. The number of aromatic nitrogens is 4. The summed E-state index contributed by atoms with van der Waals surface area (Å²) in [7, 11) is 0. The smallest absolute Gasteiger partial charge is 0.216 e. The van der Waals surface area contributed by atoms with Gasteiger partial charge < -0.3 is 10.1 Å². The highest BCUT2D eigenvalue weighted by Gasteiger charge is 2.18. The fourth-order valence-corrected chi connectivity index (χ4v) is 2.48. The van der Waals surface area contributed by atoms with E-state index in [-0.39, 0.29) is 17.5 Å². The van der Waals surface area contributed by atoms with Crippen molar-refractivity contribution in [2.75, 3.05) is 5.32 Å². The van der Waals surface area contributed by atoms with Crippen molar-refractivity contribution >= 4 is 11.3 Å². The molecule has 0 radical (unpaired) electrons. The zero-order chi connectivity index (χ0) is 16.1. The van der Waals surface area contributed by atoms with Gasteiger partial charge in [-0.05, 0) is 43.0 Å². The molecule has 8 heteroatoms. The number of aromatic amines is 1. The van der Waals surface area contributed by atoms with E-state index in [1.54, 1.807) is 6.07 Å². The van der Waals surface area contributed by atoms with Crippen LogP contribution in [0.4, 0.5) is 10.1 Å². The average molecular weight is 314 g/mol. The van der Waals surface area contributed by atoms with E-state index in [4.69, 9.17) is 10.00 Å². The lowest BCUT2D eigenvalue weighted by Crippen LogP contribution is -2.12. The molecule has 7 nitrogen and oxygen atoms in total. The van der Waals surface area contributed by atoms with Gasteiger partial charge in [-0.3, -0.25) is 0 Å². The van der Waals surface area contributed by atoms with Crippen LogP contribution in [0.25, 0.3) is 5.57 Å². The SMILES string of the molecule is N#CC(=CNc1cc(F)ccc1OC1CCCC1)c1nn[nH]n1. The van der Waals surface area contributed by atoms with Crippen LogP contribution >= 0.6 is 0 Å². The van der Waals surface area contributed by atoms with E-state index in [0.29, 0.717) is 11.4 Å². The standard InChI is InChI=1S/C15H15FN6O/c16-11-5-6-14(23-12-3-1-2-4-12)13(7-11)18-9-10(8-17)15-19-21-22-20-15/h5-7,9,12,18H,1-4H2,(H,19,20,21,22). The molecule has 2 N–H and O–H groups in total. The summed E-state index contributed by atoms with van der Waals surface area (Å²) < 4.78 is 19.4. The van der Waals surface area contributed by atoms with Gasteiger partial charge in [0.15, 0.2) is 0 Å². The summed E-state index contributed by atoms with van der Waals surface area (Å²) in [5.41, 5.74) is 0.628. The highest BCUT2D eigenvalue weighted by atomic mass is 19.1. The van der Waals surface area contributed by atoms with Crippen LogP contribution in [0.3, 0.4) is 0 Å². The van der Waals surface area contributed by atoms with Gasteiger partial charge in [0.2, 0.25) is 5.82 Å². The van der Waals surface area contributed by atoms with Crippen LogP contribution in [0.15, 0.2) is 24.4 Å². The van der Waals surface area contributed by atoms with Gasteiger partial charge in [0.25, 0.3) is 0 Å². The first kappa shape index (κ1) is 15.0. The minimum Gasteiger partial charge on any atom is -0.488 e. The van der Waals surface area contributed by atoms with Gasteiger partial charge in [-0.1, -0.05) is 0 Å². The molecule has 1 fully saturated rings. The number of hydrogen-bond donors (Lipinski definition) is 2. The maximum atomic E-state index is 13.5. The zero-order valence-electron chi connectivity index (χ0n) is 12.3. The lowest BCUT2D eigenvalue weighted by molar-refractivity contribution is 0.211. The van der Waals surface area contributed by atoms with Crippen LogP contribution in [0.2, 0.25) is 0 Å². The minimum atomic E-state index is -0.391. The van der Waals surface area contributed by atoms with E-state index in [1.807, 2.05) is 6.07 Å². The molecule has 1 heterocycles. The number of nitrogens with zero attached hydrogens (tertiary/aromatic N) is 4. The molecule has 1 aliphatic rings. The number of nitrogens with one attached hydrogen (secondary N) is 2. The number of anilines is 1. The maximum absolute atomic E-state index is 13.5. The van der Waals surface area contributed by atoms with Crippen molar-refractivity contribution in [3.63, 3.8) is 0 Å². The van der Waals surface area contributed by atoms with Crippen molar-refractivity contribution in [2.45, 2.75) is 31.8 Å². The molecular weight excluding hydrogens is 299 g/mol. The van der Waals surface area contributed by atoms with Gasteiger partial charge in [-0.2, -0.15) is 10.5 Å². The van der Waals surface area contributed by atoms with Crippen molar-refractivity contribution in [3.8, 4) is 11.8 Å². The number of H-pyrrole nitrogens is 1. The number of tetrazole rings is 1. The Kier molecular flexibility index (Phi) is 4.47. The van der Waals surface area contributed by atoms with Crippen LogP contribution in [-0.2, 0) is 0 Å². The third-order valence-corrected chi connectivity index (χ3v) is 3.62. The van der Waals surface area contributed by atoms with Crippen LogP contribution in [0.1, 0.15) is 31.5 Å². The molecule has 0 atom stereocenters. The highest BCUT2D eigenvalue weighted by Crippen LogP contribution is 2.30. The predicted octanol–water partition coefficient (Wildman–Crippen LogP) is 2.64. The fraction of sp³-hybridized carbons (Fsp3) is 0.333. The highest BCUT2D eigenvalue weighted by molar-refractivity contribution is 5.74. The molecule has 1 aliphatic carbocycles. The van der Waals surface area contributed by atoms with Crippen LogP contribution in [-0.4, -0.2) is 26.7 Å². The summed E-state index contributed by atoms with van der Waals surface area (Å²) in [4.78, 5) is 0. The fourth-order valence-electron chi connectivity index (χ4n) is 2.48. The number of rotatable bonds is 5. The second kappa shape index (κ2) is 6.87. The molecule has 0 aliphatic heterocycles. The topological polar surface area (TPSA) is 99.5 Å². The number of halogens is 1. The van der Waals surface area contributed by atoms with Crippen molar-refractivity contribution in [2.24, 2.45) is 0 Å². The van der Waals surface area contributed by atoms with Gasteiger partial charge in [0, 0.05) is 12.3 Å². The zero-order valence-corrected chi connectivity index (χ0v) is 12.3. The van der Waals surface area contributed by atoms with E-state index in [9.17, 15) is 4.39 Å². The summed E-state index contributed by atoms with van der Waals surface area (Å²) in [6.45, 7) is 0. The van der Waals surface area contributed by atoms with E-state index in [1.165, 1.54) is 18.3 Å². The Morgan fingerprint density at radius 3 is 2.96 bits per heavy atom. The van der Waals surface area contributed by atoms with E-state index in [0.717, 1.165) is 25.7 Å². The number of hydrogen-bond acceptors (Lipinski definition) is 6. The van der Waals surface area contributed by atoms with Gasteiger partial charge in [-0.15, -0.1) is 10.2 Å². The van der Waals surface area contributed by atoms with Crippen molar-refractivity contribution in [1.29, 1.82) is 5.26 Å². The molecule has 0 bridgehead atoms. The monoisotopic (exact) mass is 314 g/mol. The van der Waals surface area contributed by atoms with Gasteiger partial charge in [0.05, 0.1) is 11.8 Å². The van der Waals surface area contributed by atoms with E-state index < -0.39 is 5.82 Å². The molecule has 1 aromatic heterocycles. The second-order valence-electron chi connectivity index (χ2n) is 5.21. The summed E-state index contributed by atoms with van der Waals surface area (Å²) in [5, 5.41) is 25.2. The first-order valence-corrected chi connectivity index (χ1v) is 7.33. The lowest BCUT2D eigenvalue weighted by atomic mass is 10.2. The average Bonchev–Trinajstić information content (AvgIpc) is 3.24. The molecule has 2 aromatic rings. The first-order chi connectivity index (χ1) is 11.3. The molecule has 3 rings (SSSR count). The molecule has 1 aromatic carbocycles. The molecule has 0 saturated heterocycles. The molecule has 23 heavy (non-hydrogen) atoms. The summed E-state index contributed by atoms with van der Waals surface area (Å²) in [5.74, 6) is 0.326. The van der Waals surface area contributed by atoms with E-state index in [2.05, 4.69) is 25.9 Å². The number of allylic oxidation sites excluding steroid dienone is 1. The quantitative estimate of drug-likeness (QED) is 0.823. The van der Waals surface area contributed by atoms with Crippen LogP contribution in [0, 0.1) is 17.1 Å². The minimum absolute atomic E-state index is 0.151. The van der Waals surface area contributed by atoms with Crippen LogP contribution in [0.5, 0.6) is 5.75 Å². The van der Waals surface area contributed by atoms with Crippen molar-refractivity contribution in [1.82, 2.24) is 20.6 Å². The lowest BCUT2D eigenvalue weighted by Gasteiger charge is -2.16. The van der Waals surface area contributed by atoms with Crippen molar-refractivity contribution < 1.29 is 9.13 Å². The summed E-state index contributed by atoms with van der Waals surface area (Å²) >= 11 is 0. The molecule has 118 valence electrons. The largest absolute Gasteiger partial charge is 0.488 e. The number of ether oxygens (including phenoxy) is 1. The van der Waals surface area contributed by atoms with Gasteiger partial charge >= 0.3 is 0 Å². The Bertz CT molecular complexity index is 731. The Labute approximate surface area is 132 Å². The Morgan fingerprint density at radius 2 is 2.26 bits per heavy atom. The van der Waals surface area contributed by atoms with Gasteiger partial charge in [0.1, 0.15) is 23.2 Å². The Morgan fingerprint density at radius 1 is 1.43 bits per heavy atom. The summed E-state index contributed by atoms with van der Waals surface area (Å²) in [6.07, 6.45) is 5.84. The normalized spacial score (nSPS) is 15.4. The summed E-state index contributed by atoms with van der Waals surface area (Å²) in [6, 6.07) is 6.22. The number of nitriles is 1. The van der Waals surface area contributed by atoms with Crippen LogP contribution < -0.4 is 10.1 Å². The third kappa shape index (κ3) is 3.63. The third-order valence-electron chi connectivity index (χ3n) is 3.62. The van der Waals surface area contributed by atoms with Crippen molar-refractivity contribution in [3.05, 3.63) is 36.0 Å². The first-order valence-electron chi connectivity index (χ1n) is 7.33.